The highest BCUT2D eigenvalue weighted by atomic mass is 32.2. The van der Waals surface area contributed by atoms with E-state index >= 15 is 0 Å². The van der Waals surface area contributed by atoms with Gasteiger partial charge in [0.2, 0.25) is 0 Å². The molecule has 1 unspecified atom stereocenters. The number of aryl methyl sites for hydroxylation is 2. The number of nitrogens with one attached hydrogen (secondary N) is 1. The zero-order valence-electron chi connectivity index (χ0n) is 9.16. The van der Waals surface area contributed by atoms with Gasteiger partial charge in [0.15, 0.2) is 0 Å². The predicted octanol–water partition coefficient (Wildman–Crippen LogP) is 2.26. The molecule has 0 amide bonds. The minimum Gasteiger partial charge on any atom is -0.367 e. The zero-order chi connectivity index (χ0) is 10.6. The molecule has 14 heavy (non-hydrogen) atoms. The van der Waals surface area contributed by atoms with Crippen molar-refractivity contribution < 1.29 is 0 Å². The van der Waals surface area contributed by atoms with Gasteiger partial charge in [0.1, 0.15) is 5.82 Å². The first-order valence-corrected chi connectivity index (χ1v) is 5.99. The van der Waals surface area contributed by atoms with E-state index in [-0.39, 0.29) is 0 Å². The Bertz CT molecular complexity index is 301. The van der Waals surface area contributed by atoms with Crippen molar-refractivity contribution in [2.45, 2.75) is 26.0 Å². The largest absolute Gasteiger partial charge is 0.367 e. The van der Waals surface area contributed by atoms with E-state index in [4.69, 9.17) is 0 Å². The van der Waals surface area contributed by atoms with Crippen LogP contribution < -0.4 is 5.32 Å². The topological polar surface area (TPSA) is 37.8 Å². The standard InChI is InChI=1S/C10H17N3S/c1-7-5-11-9(3)10(13-7)12-6-8(2)14-4/h5,8H,6H2,1-4H3,(H,12,13). The Morgan fingerprint density at radius 2 is 2.21 bits per heavy atom. The van der Waals surface area contributed by atoms with E-state index in [1.165, 1.54) is 0 Å². The van der Waals surface area contributed by atoms with Crippen molar-refractivity contribution >= 4 is 17.6 Å². The Morgan fingerprint density at radius 1 is 1.50 bits per heavy atom. The maximum atomic E-state index is 4.40. The van der Waals surface area contributed by atoms with E-state index in [0.717, 1.165) is 23.8 Å². The van der Waals surface area contributed by atoms with E-state index in [1.807, 2.05) is 25.6 Å². The fraction of sp³-hybridized carbons (Fsp3) is 0.600. The average Bonchev–Trinajstić information content (AvgIpc) is 2.19. The van der Waals surface area contributed by atoms with Gasteiger partial charge < -0.3 is 5.32 Å². The molecule has 0 spiro atoms. The van der Waals surface area contributed by atoms with E-state index in [0.29, 0.717) is 5.25 Å². The Balaban J connectivity index is 2.62. The molecule has 1 aromatic rings. The van der Waals surface area contributed by atoms with Crippen LogP contribution in [0.3, 0.4) is 0 Å². The van der Waals surface area contributed by atoms with Crippen molar-refractivity contribution in [3.63, 3.8) is 0 Å². The van der Waals surface area contributed by atoms with Gasteiger partial charge in [0, 0.05) is 18.0 Å². The molecule has 1 atom stereocenters. The highest BCUT2D eigenvalue weighted by molar-refractivity contribution is 7.99. The van der Waals surface area contributed by atoms with Crippen LogP contribution >= 0.6 is 11.8 Å². The van der Waals surface area contributed by atoms with Crippen molar-refractivity contribution in [1.29, 1.82) is 0 Å². The van der Waals surface area contributed by atoms with Gasteiger partial charge in [-0.25, -0.2) is 4.98 Å². The maximum Gasteiger partial charge on any atom is 0.147 e. The quantitative estimate of drug-likeness (QED) is 0.829. The Kier molecular flexibility index (Phi) is 4.20. The third kappa shape index (κ3) is 3.18. The molecule has 0 saturated carbocycles. The molecule has 3 nitrogen and oxygen atoms in total. The minimum atomic E-state index is 0.594. The Labute approximate surface area is 89.7 Å². The van der Waals surface area contributed by atoms with Gasteiger partial charge in [-0.15, -0.1) is 0 Å². The number of nitrogens with zero attached hydrogens (tertiary/aromatic N) is 2. The molecule has 0 bridgehead atoms. The Morgan fingerprint density at radius 3 is 2.86 bits per heavy atom. The summed E-state index contributed by atoms with van der Waals surface area (Å²) in [5.74, 6) is 0.908. The number of anilines is 1. The summed E-state index contributed by atoms with van der Waals surface area (Å²) in [4.78, 5) is 8.65. The summed E-state index contributed by atoms with van der Waals surface area (Å²) in [5.41, 5.74) is 1.92. The molecular formula is C10H17N3S. The third-order valence-electron chi connectivity index (χ3n) is 2.04. The van der Waals surface area contributed by atoms with Crippen molar-refractivity contribution in [3.05, 3.63) is 17.6 Å². The SMILES string of the molecule is CSC(C)CNc1nc(C)cnc1C. The zero-order valence-corrected chi connectivity index (χ0v) is 9.98. The second kappa shape index (κ2) is 5.20. The molecule has 1 N–H and O–H groups in total. The van der Waals surface area contributed by atoms with Gasteiger partial charge in [-0.05, 0) is 20.1 Å². The number of aromatic nitrogens is 2. The molecule has 0 aliphatic heterocycles. The molecule has 0 fully saturated rings. The summed E-state index contributed by atoms with van der Waals surface area (Å²) in [6.45, 7) is 7.05. The fourth-order valence-corrected chi connectivity index (χ4v) is 1.28. The number of thioether (sulfide) groups is 1. The van der Waals surface area contributed by atoms with Crippen molar-refractivity contribution in [2.75, 3.05) is 18.1 Å². The highest BCUT2D eigenvalue weighted by Gasteiger charge is 2.03. The van der Waals surface area contributed by atoms with Gasteiger partial charge >= 0.3 is 0 Å². The summed E-state index contributed by atoms with van der Waals surface area (Å²) >= 11 is 1.84. The van der Waals surface area contributed by atoms with E-state index in [9.17, 15) is 0 Å². The number of hydrogen-bond acceptors (Lipinski definition) is 4. The molecule has 0 saturated heterocycles. The predicted molar refractivity (Wildman–Crippen MR) is 63.0 cm³/mol. The lowest BCUT2D eigenvalue weighted by atomic mass is 10.4. The van der Waals surface area contributed by atoms with Crippen molar-refractivity contribution in [2.24, 2.45) is 0 Å². The minimum absolute atomic E-state index is 0.594. The molecule has 0 radical (unpaired) electrons. The van der Waals surface area contributed by atoms with Crippen molar-refractivity contribution in [3.8, 4) is 0 Å². The molecule has 0 aromatic carbocycles. The summed E-state index contributed by atoms with van der Waals surface area (Å²) in [5, 5.41) is 3.90. The van der Waals surface area contributed by atoms with Crippen LogP contribution in [-0.4, -0.2) is 28.0 Å². The Hall–Kier alpha value is -0.770. The van der Waals surface area contributed by atoms with Gasteiger partial charge in [-0.3, -0.25) is 4.98 Å². The highest BCUT2D eigenvalue weighted by Crippen LogP contribution is 2.11. The molecule has 78 valence electrons. The normalized spacial score (nSPS) is 12.6. The smallest absolute Gasteiger partial charge is 0.147 e. The van der Waals surface area contributed by atoms with Crippen molar-refractivity contribution in [1.82, 2.24) is 9.97 Å². The van der Waals surface area contributed by atoms with Crippen LogP contribution in [0.5, 0.6) is 0 Å². The van der Waals surface area contributed by atoms with Gasteiger partial charge in [-0.1, -0.05) is 6.92 Å². The maximum absolute atomic E-state index is 4.40. The van der Waals surface area contributed by atoms with Crippen LogP contribution in [-0.2, 0) is 0 Å². The molecule has 0 aliphatic carbocycles. The lowest BCUT2D eigenvalue weighted by Gasteiger charge is -2.11. The van der Waals surface area contributed by atoms with Gasteiger partial charge in [0.25, 0.3) is 0 Å². The first-order valence-electron chi connectivity index (χ1n) is 4.70. The summed E-state index contributed by atoms with van der Waals surface area (Å²) in [7, 11) is 0. The van der Waals surface area contributed by atoms with Gasteiger partial charge in [-0.2, -0.15) is 11.8 Å². The third-order valence-corrected chi connectivity index (χ3v) is 3.01. The molecule has 1 rings (SSSR count). The van der Waals surface area contributed by atoms with E-state index in [1.54, 1.807) is 6.20 Å². The lowest BCUT2D eigenvalue weighted by Crippen LogP contribution is -2.15. The number of rotatable bonds is 4. The van der Waals surface area contributed by atoms with Crippen LogP contribution in [0.2, 0.25) is 0 Å². The molecular weight excluding hydrogens is 194 g/mol. The fourth-order valence-electron chi connectivity index (χ4n) is 1.03. The van der Waals surface area contributed by atoms with Crippen LogP contribution in [0, 0.1) is 13.8 Å². The summed E-state index contributed by atoms with van der Waals surface area (Å²) in [6.07, 6.45) is 3.90. The first-order chi connectivity index (χ1) is 6.63. The second-order valence-electron chi connectivity index (χ2n) is 3.37. The summed E-state index contributed by atoms with van der Waals surface area (Å²) < 4.78 is 0. The number of hydrogen-bond donors (Lipinski definition) is 1. The second-order valence-corrected chi connectivity index (χ2v) is 4.65. The molecule has 1 heterocycles. The van der Waals surface area contributed by atoms with Gasteiger partial charge in [0.05, 0.1) is 11.4 Å². The first kappa shape index (κ1) is 11.3. The van der Waals surface area contributed by atoms with E-state index < -0.39 is 0 Å². The molecule has 1 aromatic heterocycles. The van der Waals surface area contributed by atoms with E-state index in [2.05, 4.69) is 28.5 Å². The van der Waals surface area contributed by atoms with Crippen LogP contribution in [0.1, 0.15) is 18.3 Å². The monoisotopic (exact) mass is 211 g/mol. The molecule has 4 heteroatoms. The van der Waals surface area contributed by atoms with Crippen LogP contribution in [0.25, 0.3) is 0 Å². The summed E-state index contributed by atoms with van der Waals surface area (Å²) in [6, 6.07) is 0. The van der Waals surface area contributed by atoms with Crippen LogP contribution in [0.15, 0.2) is 6.20 Å². The van der Waals surface area contributed by atoms with Crippen LogP contribution in [0.4, 0.5) is 5.82 Å². The average molecular weight is 211 g/mol. The lowest BCUT2D eigenvalue weighted by molar-refractivity contribution is 0.965. The molecule has 0 aliphatic rings.